The van der Waals surface area contributed by atoms with Crippen molar-refractivity contribution in [2.45, 2.75) is 38.1 Å². The van der Waals surface area contributed by atoms with Crippen molar-refractivity contribution in [3.63, 3.8) is 0 Å². The topological polar surface area (TPSA) is 49.6 Å². The molecule has 0 spiro atoms. The molecule has 1 aromatic carbocycles. The fourth-order valence-corrected chi connectivity index (χ4v) is 4.32. The van der Waals surface area contributed by atoms with E-state index in [2.05, 4.69) is 10.1 Å². The molecule has 0 N–H and O–H groups in total. The largest absolute Gasteiger partial charge is 0.351 e. The molecular weight excluding hydrogens is 385 g/mol. The van der Waals surface area contributed by atoms with Crippen LogP contribution in [0, 0.1) is 0 Å². The Kier molecular flexibility index (Phi) is 5.71. The Balaban J connectivity index is 1.40. The molecule has 5 nitrogen and oxygen atoms in total. The molecule has 0 saturated carbocycles. The molecule has 1 atom stereocenters. The van der Waals surface area contributed by atoms with Crippen molar-refractivity contribution in [1.82, 2.24) is 15.0 Å². The van der Waals surface area contributed by atoms with E-state index in [4.69, 9.17) is 27.7 Å². The third-order valence-corrected chi connectivity index (χ3v) is 6.19. The van der Waals surface area contributed by atoms with Gasteiger partial charge in [-0.3, -0.25) is 9.69 Å². The first-order chi connectivity index (χ1) is 13.1. The van der Waals surface area contributed by atoms with Crippen LogP contribution < -0.4 is 0 Å². The summed E-state index contributed by atoms with van der Waals surface area (Å²) < 4.78 is 5.38. The van der Waals surface area contributed by atoms with E-state index in [0.717, 1.165) is 69.7 Å². The van der Waals surface area contributed by atoms with Crippen LogP contribution in [0.5, 0.6) is 0 Å². The first kappa shape index (κ1) is 18.8. The van der Waals surface area contributed by atoms with Crippen LogP contribution in [0.4, 0.5) is 0 Å². The van der Waals surface area contributed by atoms with Gasteiger partial charge in [-0.25, -0.2) is 0 Å². The summed E-state index contributed by atoms with van der Waals surface area (Å²) >= 11 is 12.1. The predicted octanol–water partition coefficient (Wildman–Crippen LogP) is 4.60. The molecule has 1 amide bonds. The SMILES string of the molecule is O=C(c1cc(C2CCCN(Cc3ccc(Cl)c(Cl)c3)C2)no1)N1CCCC1. The van der Waals surface area contributed by atoms with Crippen LogP contribution in [0.1, 0.15) is 53.4 Å². The Hall–Kier alpha value is -1.56. The smallest absolute Gasteiger partial charge is 0.292 e. The maximum Gasteiger partial charge on any atom is 0.292 e. The Bertz CT molecular complexity index is 817. The van der Waals surface area contributed by atoms with Crippen molar-refractivity contribution < 1.29 is 9.32 Å². The number of hydrogen-bond acceptors (Lipinski definition) is 4. The van der Waals surface area contributed by atoms with Gasteiger partial charge in [-0.15, -0.1) is 0 Å². The lowest BCUT2D eigenvalue weighted by Gasteiger charge is -2.31. The van der Waals surface area contributed by atoms with Gasteiger partial charge in [0.25, 0.3) is 5.91 Å². The van der Waals surface area contributed by atoms with Crippen LogP contribution in [0.15, 0.2) is 28.8 Å². The van der Waals surface area contributed by atoms with Gasteiger partial charge >= 0.3 is 0 Å². The van der Waals surface area contributed by atoms with E-state index in [1.807, 2.05) is 29.2 Å². The number of hydrogen-bond donors (Lipinski definition) is 0. The van der Waals surface area contributed by atoms with Crippen molar-refractivity contribution in [1.29, 1.82) is 0 Å². The second kappa shape index (κ2) is 8.21. The van der Waals surface area contributed by atoms with Crippen molar-refractivity contribution in [3.05, 3.63) is 51.3 Å². The number of nitrogens with zero attached hydrogens (tertiary/aromatic N) is 3. The molecule has 0 aliphatic carbocycles. The van der Waals surface area contributed by atoms with Crippen molar-refractivity contribution >= 4 is 29.1 Å². The van der Waals surface area contributed by atoms with Gasteiger partial charge in [0.2, 0.25) is 5.76 Å². The van der Waals surface area contributed by atoms with Crippen molar-refractivity contribution in [2.24, 2.45) is 0 Å². The number of amides is 1. The zero-order chi connectivity index (χ0) is 18.8. The summed E-state index contributed by atoms with van der Waals surface area (Å²) in [6.45, 7) is 4.38. The predicted molar refractivity (Wildman–Crippen MR) is 105 cm³/mol. The van der Waals surface area contributed by atoms with E-state index >= 15 is 0 Å². The molecule has 2 aromatic rings. The van der Waals surface area contributed by atoms with E-state index in [1.165, 1.54) is 0 Å². The van der Waals surface area contributed by atoms with E-state index in [9.17, 15) is 4.79 Å². The fourth-order valence-electron chi connectivity index (χ4n) is 3.99. The number of carbonyl (C=O) groups excluding carboxylic acids is 1. The van der Waals surface area contributed by atoms with Crippen LogP contribution in [-0.4, -0.2) is 47.0 Å². The highest BCUT2D eigenvalue weighted by Crippen LogP contribution is 2.29. The molecule has 1 aromatic heterocycles. The van der Waals surface area contributed by atoms with Crippen LogP contribution in [0.25, 0.3) is 0 Å². The van der Waals surface area contributed by atoms with Gasteiger partial charge in [0, 0.05) is 38.2 Å². The molecule has 2 saturated heterocycles. The highest BCUT2D eigenvalue weighted by molar-refractivity contribution is 6.42. The molecule has 2 fully saturated rings. The normalized spacial score (nSPS) is 21.0. The van der Waals surface area contributed by atoms with Crippen LogP contribution in [0.3, 0.4) is 0 Å². The summed E-state index contributed by atoms with van der Waals surface area (Å²) in [5, 5.41) is 5.38. The minimum absolute atomic E-state index is 0.0327. The lowest BCUT2D eigenvalue weighted by molar-refractivity contribution is 0.0751. The molecule has 0 bridgehead atoms. The first-order valence-electron chi connectivity index (χ1n) is 9.52. The zero-order valence-electron chi connectivity index (χ0n) is 15.2. The van der Waals surface area contributed by atoms with E-state index in [1.54, 1.807) is 0 Å². The maximum absolute atomic E-state index is 12.5. The number of likely N-dealkylation sites (tertiary alicyclic amines) is 2. The van der Waals surface area contributed by atoms with Crippen molar-refractivity contribution in [3.8, 4) is 0 Å². The third kappa shape index (κ3) is 4.31. The maximum atomic E-state index is 12.5. The first-order valence-corrected chi connectivity index (χ1v) is 10.3. The molecule has 0 radical (unpaired) electrons. The molecule has 27 heavy (non-hydrogen) atoms. The highest BCUT2D eigenvalue weighted by Gasteiger charge is 2.28. The van der Waals surface area contributed by atoms with E-state index < -0.39 is 0 Å². The lowest BCUT2D eigenvalue weighted by atomic mass is 9.94. The second-order valence-corrected chi connectivity index (χ2v) is 8.25. The lowest BCUT2D eigenvalue weighted by Crippen LogP contribution is -2.34. The molecule has 4 rings (SSSR count). The van der Waals surface area contributed by atoms with Crippen LogP contribution in [-0.2, 0) is 6.54 Å². The Morgan fingerprint density at radius 3 is 2.70 bits per heavy atom. The second-order valence-electron chi connectivity index (χ2n) is 7.44. The quantitative estimate of drug-likeness (QED) is 0.742. The average molecular weight is 408 g/mol. The van der Waals surface area contributed by atoms with Gasteiger partial charge in [0.1, 0.15) is 0 Å². The summed E-state index contributed by atoms with van der Waals surface area (Å²) in [7, 11) is 0. The minimum Gasteiger partial charge on any atom is -0.351 e. The fraction of sp³-hybridized carbons (Fsp3) is 0.500. The third-order valence-electron chi connectivity index (χ3n) is 5.45. The van der Waals surface area contributed by atoms with Gasteiger partial charge in [-0.05, 0) is 49.9 Å². The number of carbonyl (C=O) groups is 1. The number of halogens is 2. The summed E-state index contributed by atoms with van der Waals surface area (Å²) in [4.78, 5) is 16.7. The Morgan fingerprint density at radius 1 is 1.11 bits per heavy atom. The molecule has 2 aliphatic heterocycles. The summed E-state index contributed by atoms with van der Waals surface area (Å²) in [5.41, 5.74) is 2.03. The van der Waals surface area contributed by atoms with Gasteiger partial charge in [-0.1, -0.05) is 34.4 Å². The van der Waals surface area contributed by atoms with Gasteiger partial charge in [-0.2, -0.15) is 0 Å². The molecule has 2 aliphatic rings. The molecular formula is C20H23Cl2N3O2. The Labute approximate surface area is 169 Å². The van der Waals surface area contributed by atoms with Gasteiger partial charge < -0.3 is 9.42 Å². The Morgan fingerprint density at radius 2 is 1.93 bits per heavy atom. The minimum atomic E-state index is -0.0327. The zero-order valence-corrected chi connectivity index (χ0v) is 16.7. The number of piperidine rings is 1. The van der Waals surface area contributed by atoms with Gasteiger partial charge in [0.15, 0.2) is 0 Å². The van der Waals surface area contributed by atoms with Crippen molar-refractivity contribution in [2.75, 3.05) is 26.2 Å². The monoisotopic (exact) mass is 407 g/mol. The summed E-state index contributed by atoms with van der Waals surface area (Å²) in [6, 6.07) is 7.62. The van der Waals surface area contributed by atoms with Crippen LogP contribution >= 0.6 is 23.2 Å². The van der Waals surface area contributed by atoms with E-state index in [0.29, 0.717) is 15.8 Å². The molecule has 3 heterocycles. The van der Waals surface area contributed by atoms with Gasteiger partial charge in [0.05, 0.1) is 15.7 Å². The standard InChI is InChI=1S/C20H23Cl2N3O2/c21-16-6-5-14(10-17(16)22)12-24-7-3-4-15(13-24)18-11-19(27-23-18)20(26)25-8-1-2-9-25/h5-6,10-11,15H,1-4,7-9,12-13H2. The molecule has 7 heteroatoms. The number of rotatable bonds is 4. The average Bonchev–Trinajstić information content (AvgIpc) is 3.36. The van der Waals surface area contributed by atoms with E-state index in [-0.39, 0.29) is 11.8 Å². The summed E-state index contributed by atoms with van der Waals surface area (Å²) in [6.07, 6.45) is 4.29. The highest BCUT2D eigenvalue weighted by atomic mass is 35.5. The molecule has 1 unspecified atom stereocenters. The number of benzene rings is 1. The van der Waals surface area contributed by atoms with Crippen LogP contribution in [0.2, 0.25) is 10.0 Å². The summed E-state index contributed by atoms with van der Waals surface area (Å²) in [5.74, 6) is 0.619. The number of aromatic nitrogens is 1. The molecule has 144 valence electrons.